The predicted molar refractivity (Wildman–Crippen MR) is 163 cm³/mol. The fraction of sp³-hybridized carbons (Fsp3) is 0.323. The molecule has 0 atom stereocenters. The van der Waals surface area contributed by atoms with Crippen LogP contribution >= 0.6 is 11.6 Å². The minimum atomic E-state index is -0.592. The van der Waals surface area contributed by atoms with Crippen molar-refractivity contribution in [3.63, 3.8) is 0 Å². The van der Waals surface area contributed by atoms with E-state index in [4.69, 9.17) is 21.1 Å². The van der Waals surface area contributed by atoms with E-state index in [2.05, 4.69) is 20.9 Å². The summed E-state index contributed by atoms with van der Waals surface area (Å²) in [5.74, 6) is -1.04. The molecule has 0 saturated carbocycles. The summed E-state index contributed by atoms with van der Waals surface area (Å²) in [6, 6.07) is 12.9. The Kier molecular flexibility index (Phi) is 10.4. The van der Waals surface area contributed by atoms with E-state index in [-0.39, 0.29) is 28.6 Å². The van der Waals surface area contributed by atoms with Crippen molar-refractivity contribution < 1.29 is 33.0 Å². The molecule has 11 nitrogen and oxygen atoms in total. The first-order chi connectivity index (χ1) is 20.8. The van der Waals surface area contributed by atoms with Gasteiger partial charge in [-0.05, 0) is 76.1 Å². The number of likely N-dealkylation sites (tertiary alicyclic amines) is 1. The number of amides is 4. The Balaban J connectivity index is 1.26. The average molecular weight is 626 g/mol. The minimum absolute atomic E-state index is 0.176. The molecule has 0 aliphatic carbocycles. The van der Waals surface area contributed by atoms with Gasteiger partial charge in [0.05, 0.1) is 10.7 Å². The molecule has 0 unspecified atom stereocenters. The third-order valence-corrected chi connectivity index (χ3v) is 6.71. The van der Waals surface area contributed by atoms with E-state index in [1.807, 2.05) is 20.8 Å². The molecule has 4 rings (SSSR count). The molecule has 13 heteroatoms. The van der Waals surface area contributed by atoms with Gasteiger partial charge in [0.25, 0.3) is 0 Å². The van der Waals surface area contributed by atoms with Gasteiger partial charge in [0, 0.05) is 43.0 Å². The molecule has 1 aliphatic heterocycles. The van der Waals surface area contributed by atoms with Crippen LogP contribution < -0.4 is 20.7 Å². The lowest BCUT2D eigenvalue weighted by atomic mass is 9.96. The Morgan fingerprint density at radius 2 is 1.59 bits per heavy atom. The number of nitrogens with one attached hydrogen (secondary N) is 3. The van der Waals surface area contributed by atoms with Gasteiger partial charge in [0.15, 0.2) is 0 Å². The van der Waals surface area contributed by atoms with Crippen LogP contribution in [0.3, 0.4) is 0 Å². The van der Waals surface area contributed by atoms with Crippen molar-refractivity contribution in [3.8, 4) is 11.5 Å². The minimum Gasteiger partial charge on any atom is -0.457 e. The molecule has 232 valence electrons. The summed E-state index contributed by atoms with van der Waals surface area (Å²) in [4.78, 5) is 55.4. The van der Waals surface area contributed by atoms with Crippen LogP contribution in [-0.2, 0) is 19.1 Å². The molecule has 0 spiro atoms. The highest BCUT2D eigenvalue weighted by Gasteiger charge is 2.30. The summed E-state index contributed by atoms with van der Waals surface area (Å²) in [6.45, 7) is 6.27. The maximum Gasteiger partial charge on any atom is 0.410 e. The smallest absolute Gasteiger partial charge is 0.410 e. The number of rotatable bonds is 8. The van der Waals surface area contributed by atoms with Crippen molar-refractivity contribution in [2.45, 2.75) is 45.6 Å². The summed E-state index contributed by atoms with van der Waals surface area (Å²) >= 11 is 6.34. The molecule has 0 bridgehead atoms. The first-order valence-electron chi connectivity index (χ1n) is 13.9. The molecule has 44 heavy (non-hydrogen) atoms. The van der Waals surface area contributed by atoms with Gasteiger partial charge in [-0.15, -0.1) is 0 Å². The number of hydrogen-bond donors (Lipinski definition) is 3. The van der Waals surface area contributed by atoms with Gasteiger partial charge in [-0.25, -0.2) is 14.2 Å². The second-order valence-corrected chi connectivity index (χ2v) is 11.5. The fourth-order valence-corrected chi connectivity index (χ4v) is 4.52. The zero-order valence-corrected chi connectivity index (χ0v) is 25.2. The lowest BCUT2D eigenvalue weighted by Gasteiger charge is -2.32. The summed E-state index contributed by atoms with van der Waals surface area (Å²) in [5, 5.41) is 8.07. The molecule has 3 aromatic rings. The van der Waals surface area contributed by atoms with E-state index >= 15 is 0 Å². The van der Waals surface area contributed by atoms with E-state index in [0.29, 0.717) is 48.9 Å². The van der Waals surface area contributed by atoms with Gasteiger partial charge in [0.1, 0.15) is 35.2 Å². The van der Waals surface area contributed by atoms with Gasteiger partial charge in [-0.1, -0.05) is 11.6 Å². The Bertz CT molecular complexity index is 1520. The molecule has 4 amide bonds. The average Bonchev–Trinajstić information content (AvgIpc) is 2.95. The van der Waals surface area contributed by atoms with Gasteiger partial charge in [-0.3, -0.25) is 14.4 Å². The quantitative estimate of drug-likeness (QED) is 0.253. The number of carbonyl (C=O) groups is 4. The maximum atomic E-state index is 13.0. The third-order valence-electron chi connectivity index (χ3n) is 6.40. The third kappa shape index (κ3) is 9.66. The van der Waals surface area contributed by atoms with E-state index < -0.39 is 29.7 Å². The molecular weight excluding hydrogens is 593 g/mol. The van der Waals surface area contributed by atoms with Crippen LogP contribution in [0.15, 0.2) is 60.8 Å². The maximum absolute atomic E-state index is 13.0. The summed E-state index contributed by atoms with van der Waals surface area (Å²) in [7, 11) is 0. The molecule has 1 aliphatic rings. The zero-order chi connectivity index (χ0) is 31.9. The summed E-state index contributed by atoms with van der Waals surface area (Å²) in [6.07, 6.45) is 1.64. The van der Waals surface area contributed by atoms with Crippen LogP contribution in [0.4, 0.5) is 26.4 Å². The number of anilines is 3. The number of aromatic nitrogens is 1. The van der Waals surface area contributed by atoms with Gasteiger partial charge in [0.2, 0.25) is 17.7 Å². The number of ether oxygens (including phenoxy) is 2. The first-order valence-corrected chi connectivity index (χ1v) is 14.3. The number of hydrogen-bond acceptors (Lipinski definition) is 7. The molecule has 1 fully saturated rings. The fourth-order valence-electron chi connectivity index (χ4n) is 4.30. The molecule has 2 aromatic carbocycles. The first kappa shape index (κ1) is 32.2. The van der Waals surface area contributed by atoms with Crippen molar-refractivity contribution in [1.82, 2.24) is 9.88 Å². The molecule has 2 heterocycles. The van der Waals surface area contributed by atoms with E-state index in [0.717, 1.165) is 0 Å². The highest BCUT2D eigenvalue weighted by Crippen LogP contribution is 2.31. The number of pyridine rings is 1. The summed E-state index contributed by atoms with van der Waals surface area (Å²) in [5.41, 5.74) is 0.0584. The van der Waals surface area contributed by atoms with Crippen molar-refractivity contribution in [1.29, 1.82) is 0 Å². The monoisotopic (exact) mass is 625 g/mol. The number of piperidine rings is 1. The van der Waals surface area contributed by atoms with E-state index in [1.165, 1.54) is 42.6 Å². The van der Waals surface area contributed by atoms with Crippen molar-refractivity contribution >= 4 is 52.6 Å². The highest BCUT2D eigenvalue weighted by molar-refractivity contribution is 6.34. The highest BCUT2D eigenvalue weighted by atomic mass is 35.5. The lowest BCUT2D eigenvalue weighted by molar-refractivity contribution is -0.124. The number of halogens is 2. The Labute approximate surface area is 259 Å². The van der Waals surface area contributed by atoms with Crippen molar-refractivity contribution in [2.75, 3.05) is 29.0 Å². The summed E-state index contributed by atoms with van der Waals surface area (Å²) < 4.78 is 24.3. The van der Waals surface area contributed by atoms with E-state index in [9.17, 15) is 23.6 Å². The number of carbonyl (C=O) groups excluding carboxylic acids is 4. The van der Waals surface area contributed by atoms with Crippen LogP contribution in [-0.4, -0.2) is 52.4 Å². The van der Waals surface area contributed by atoms with Crippen molar-refractivity contribution in [3.05, 3.63) is 71.6 Å². The lowest BCUT2D eigenvalue weighted by Crippen LogP contribution is -2.43. The normalized spacial score (nSPS) is 13.5. The largest absolute Gasteiger partial charge is 0.457 e. The van der Waals surface area contributed by atoms with Crippen LogP contribution in [0.1, 0.15) is 40.0 Å². The van der Waals surface area contributed by atoms with Crippen LogP contribution in [0.5, 0.6) is 11.5 Å². The van der Waals surface area contributed by atoms with Gasteiger partial charge in [-0.2, -0.15) is 0 Å². The molecule has 3 N–H and O–H groups in total. The standard InChI is InChI=1S/C31H33ClFN5O6/c1-31(2,3)44-30(42)38-14-11-19(12-15-38)29(41)37-26-17-23(10-13-34-26)43-22-8-9-25(24(32)16-22)36-28(40)18-27(39)35-21-6-4-20(33)5-7-21/h4-10,13,16-17,19H,11-12,14-15,18H2,1-3H3,(H,35,39)(H,36,40)(H,34,37,41). The Morgan fingerprint density at radius 1 is 0.932 bits per heavy atom. The molecule has 1 saturated heterocycles. The molecule has 1 aromatic heterocycles. The number of benzene rings is 2. The number of nitrogens with zero attached hydrogens (tertiary/aromatic N) is 2. The zero-order valence-electron chi connectivity index (χ0n) is 24.5. The predicted octanol–water partition coefficient (Wildman–Crippen LogP) is 6.22. The van der Waals surface area contributed by atoms with Crippen molar-refractivity contribution in [2.24, 2.45) is 5.92 Å². The Morgan fingerprint density at radius 3 is 2.25 bits per heavy atom. The molecule has 0 radical (unpaired) electrons. The second-order valence-electron chi connectivity index (χ2n) is 11.1. The van der Waals surface area contributed by atoms with E-state index in [1.54, 1.807) is 23.1 Å². The van der Waals surface area contributed by atoms with Crippen LogP contribution in [0, 0.1) is 11.7 Å². The second kappa shape index (κ2) is 14.2. The van der Waals surface area contributed by atoms with Crippen LogP contribution in [0.2, 0.25) is 5.02 Å². The topological polar surface area (TPSA) is 139 Å². The van der Waals surface area contributed by atoms with Gasteiger partial charge >= 0.3 is 6.09 Å². The van der Waals surface area contributed by atoms with Crippen LogP contribution in [0.25, 0.3) is 0 Å². The molecular formula is C31H33ClFN5O6. The SMILES string of the molecule is CC(C)(C)OC(=O)N1CCC(C(=O)Nc2cc(Oc3ccc(NC(=O)CC(=O)Nc4ccc(F)cc4)c(Cl)c3)ccn2)CC1. The van der Waals surface area contributed by atoms with Gasteiger partial charge < -0.3 is 30.3 Å². The Hall–Kier alpha value is -4.71.